The number of likely N-dealkylation sites (tertiary alicyclic amines) is 1. The molecule has 34 heavy (non-hydrogen) atoms. The van der Waals surface area contributed by atoms with Crippen LogP contribution in [0.15, 0.2) is 60.8 Å². The van der Waals surface area contributed by atoms with Crippen LogP contribution >= 0.6 is 0 Å². The maximum atomic E-state index is 12.3. The number of carbonyl (C=O) groups is 2. The number of hydrogen-bond donors (Lipinski definition) is 2. The van der Waals surface area contributed by atoms with Gasteiger partial charge >= 0.3 is 0 Å². The Labute approximate surface area is 202 Å². The monoisotopic (exact) mass is 460 g/mol. The Bertz CT molecular complexity index is 1020. The molecule has 2 aliphatic heterocycles. The van der Waals surface area contributed by atoms with Gasteiger partial charge in [-0.2, -0.15) is 0 Å². The Morgan fingerprint density at radius 3 is 2.53 bits per heavy atom. The molecule has 2 saturated heterocycles. The molecule has 0 aromatic heterocycles. The van der Waals surface area contributed by atoms with Crippen LogP contribution in [0.5, 0.6) is 0 Å². The van der Waals surface area contributed by atoms with Crippen LogP contribution in [-0.4, -0.2) is 41.4 Å². The maximum Gasteiger partial charge on any atom is 0.227 e. The number of ketones is 1. The van der Waals surface area contributed by atoms with E-state index in [0.29, 0.717) is 5.92 Å². The molecule has 2 aromatic carbocycles. The van der Waals surface area contributed by atoms with Crippen molar-refractivity contribution in [2.75, 3.05) is 19.7 Å². The number of aliphatic hydroxyl groups is 1. The Balaban J connectivity index is 1.43. The lowest BCUT2D eigenvalue weighted by Gasteiger charge is -2.37. The molecular weight excluding hydrogens is 424 g/mol. The fourth-order valence-electron chi connectivity index (χ4n) is 5.49. The molecule has 0 aliphatic carbocycles. The summed E-state index contributed by atoms with van der Waals surface area (Å²) in [5.74, 6) is 0.547. The van der Waals surface area contributed by atoms with Crippen molar-refractivity contribution >= 4 is 11.7 Å². The van der Waals surface area contributed by atoms with E-state index in [0.717, 1.165) is 74.0 Å². The van der Waals surface area contributed by atoms with E-state index in [1.165, 1.54) is 5.56 Å². The number of nitrogens with one attached hydrogen (secondary N) is 1. The first-order valence-electron chi connectivity index (χ1n) is 12.5. The van der Waals surface area contributed by atoms with E-state index in [4.69, 9.17) is 0 Å². The Kier molecular flexibility index (Phi) is 7.96. The average molecular weight is 461 g/mol. The number of piperidine rings is 2. The third-order valence-corrected chi connectivity index (χ3v) is 7.54. The molecule has 2 aromatic rings. The van der Waals surface area contributed by atoms with Crippen molar-refractivity contribution in [3.05, 3.63) is 83.1 Å². The van der Waals surface area contributed by atoms with E-state index in [1.54, 1.807) is 6.92 Å². The molecule has 0 radical (unpaired) electrons. The lowest BCUT2D eigenvalue weighted by molar-refractivity contribution is -0.125. The summed E-state index contributed by atoms with van der Waals surface area (Å²) in [6.45, 7) is 7.46. The van der Waals surface area contributed by atoms with Gasteiger partial charge in [0.25, 0.3) is 0 Å². The third-order valence-electron chi connectivity index (χ3n) is 7.54. The summed E-state index contributed by atoms with van der Waals surface area (Å²) in [6, 6.07) is 16.6. The van der Waals surface area contributed by atoms with Crippen molar-refractivity contribution < 1.29 is 14.7 Å². The quantitative estimate of drug-likeness (QED) is 0.557. The van der Waals surface area contributed by atoms with E-state index in [2.05, 4.69) is 41.1 Å². The molecule has 2 aliphatic rings. The minimum atomic E-state index is -0.0226. The highest BCUT2D eigenvalue weighted by molar-refractivity contribution is 5.95. The largest absolute Gasteiger partial charge is 0.394 e. The summed E-state index contributed by atoms with van der Waals surface area (Å²) >= 11 is 0. The normalized spacial score (nSPS) is 20.7. The van der Waals surface area contributed by atoms with Gasteiger partial charge in [-0.05, 0) is 81.1 Å². The molecule has 0 spiro atoms. The van der Waals surface area contributed by atoms with E-state index >= 15 is 0 Å². The summed E-state index contributed by atoms with van der Waals surface area (Å²) in [7, 11) is 0. The van der Waals surface area contributed by atoms with Crippen molar-refractivity contribution in [3.8, 4) is 0 Å². The van der Waals surface area contributed by atoms with Crippen molar-refractivity contribution in [2.45, 2.75) is 57.4 Å². The fourth-order valence-corrected chi connectivity index (χ4v) is 5.49. The smallest absolute Gasteiger partial charge is 0.227 e. The molecule has 2 unspecified atom stereocenters. The molecule has 5 nitrogen and oxygen atoms in total. The zero-order chi connectivity index (χ0) is 24.1. The number of amides is 1. The van der Waals surface area contributed by atoms with E-state index < -0.39 is 0 Å². The number of Topliss-reactive ketones (excluding diaryl/α,β-unsaturated/α-hetero) is 1. The van der Waals surface area contributed by atoms with E-state index in [-0.39, 0.29) is 30.3 Å². The van der Waals surface area contributed by atoms with Crippen LogP contribution in [0, 0.1) is 5.92 Å². The highest BCUT2D eigenvalue weighted by Crippen LogP contribution is 2.34. The van der Waals surface area contributed by atoms with Crippen LogP contribution in [0.4, 0.5) is 0 Å². The van der Waals surface area contributed by atoms with Crippen molar-refractivity contribution in [1.82, 2.24) is 10.2 Å². The van der Waals surface area contributed by atoms with Gasteiger partial charge < -0.3 is 10.4 Å². The van der Waals surface area contributed by atoms with Gasteiger partial charge in [0.05, 0.1) is 12.6 Å². The van der Waals surface area contributed by atoms with Crippen LogP contribution in [0.2, 0.25) is 0 Å². The number of aliphatic hydroxyl groups excluding tert-OH is 1. The standard InChI is InChI=1S/C29H36N2O3/c1-20-8-9-24(29(34)30-20)10-11-26-18-25(12-13-27(26)21(2)33)22-14-16-31(17-15-22)28(19-32)23-6-4-3-5-7-23/h3-7,12-13,18,22,24,28,32H,1,8-11,14-17,19H2,2H3,(H,30,34). The van der Waals surface area contributed by atoms with Gasteiger partial charge in [-0.15, -0.1) is 0 Å². The number of rotatable bonds is 8. The van der Waals surface area contributed by atoms with Gasteiger partial charge in [-0.25, -0.2) is 0 Å². The summed E-state index contributed by atoms with van der Waals surface area (Å²) in [5, 5.41) is 12.9. The predicted octanol–water partition coefficient (Wildman–Crippen LogP) is 4.77. The lowest BCUT2D eigenvalue weighted by Crippen LogP contribution is -2.37. The van der Waals surface area contributed by atoms with Crippen molar-refractivity contribution in [3.63, 3.8) is 0 Å². The van der Waals surface area contributed by atoms with Gasteiger partial charge in [0.2, 0.25) is 5.91 Å². The van der Waals surface area contributed by atoms with Gasteiger partial charge in [-0.3, -0.25) is 14.5 Å². The fraction of sp³-hybridized carbons (Fsp3) is 0.448. The molecule has 2 fully saturated rings. The Hall–Kier alpha value is -2.76. The van der Waals surface area contributed by atoms with Crippen LogP contribution in [0.25, 0.3) is 0 Å². The highest BCUT2D eigenvalue weighted by atomic mass is 16.3. The minimum absolute atomic E-state index is 0.0226. The first kappa shape index (κ1) is 24.4. The topological polar surface area (TPSA) is 69.6 Å². The first-order valence-corrected chi connectivity index (χ1v) is 12.5. The maximum absolute atomic E-state index is 12.3. The molecular formula is C29H36N2O3. The number of nitrogens with zero attached hydrogens (tertiary/aromatic N) is 1. The summed E-state index contributed by atoms with van der Waals surface area (Å²) < 4.78 is 0. The van der Waals surface area contributed by atoms with Crippen LogP contribution in [-0.2, 0) is 11.2 Å². The predicted molar refractivity (Wildman–Crippen MR) is 135 cm³/mol. The zero-order valence-corrected chi connectivity index (χ0v) is 20.1. The SMILES string of the molecule is C=C1CCC(CCc2cc(C3CCN(C(CO)c4ccccc4)CC3)ccc2C(C)=O)C(=O)N1. The van der Waals surface area contributed by atoms with E-state index in [9.17, 15) is 14.7 Å². The summed E-state index contributed by atoms with van der Waals surface area (Å²) in [5.41, 5.74) is 5.07. The molecule has 5 heteroatoms. The van der Waals surface area contributed by atoms with Crippen LogP contribution < -0.4 is 5.32 Å². The minimum Gasteiger partial charge on any atom is -0.394 e. The number of carbonyl (C=O) groups excluding carboxylic acids is 2. The third kappa shape index (κ3) is 5.65. The molecule has 2 heterocycles. The van der Waals surface area contributed by atoms with E-state index in [1.807, 2.05) is 24.3 Å². The number of hydrogen-bond acceptors (Lipinski definition) is 4. The summed E-state index contributed by atoms with van der Waals surface area (Å²) in [6.07, 6.45) is 5.17. The molecule has 0 bridgehead atoms. The number of aryl methyl sites for hydroxylation is 1. The Morgan fingerprint density at radius 2 is 1.88 bits per heavy atom. The van der Waals surface area contributed by atoms with Crippen molar-refractivity contribution in [1.29, 1.82) is 0 Å². The zero-order valence-electron chi connectivity index (χ0n) is 20.1. The molecule has 2 N–H and O–H groups in total. The van der Waals surface area contributed by atoms with Gasteiger partial charge in [0, 0.05) is 17.2 Å². The second-order valence-corrected chi connectivity index (χ2v) is 9.76. The van der Waals surface area contributed by atoms with Gasteiger partial charge in [-0.1, -0.05) is 55.1 Å². The van der Waals surface area contributed by atoms with Gasteiger partial charge in [0.15, 0.2) is 5.78 Å². The first-order chi connectivity index (χ1) is 16.5. The number of allylic oxidation sites excluding steroid dienone is 1. The highest BCUT2D eigenvalue weighted by Gasteiger charge is 2.28. The second kappa shape index (κ2) is 11.1. The number of benzene rings is 2. The van der Waals surface area contributed by atoms with Gasteiger partial charge in [0.1, 0.15) is 0 Å². The van der Waals surface area contributed by atoms with Crippen molar-refractivity contribution in [2.24, 2.45) is 5.92 Å². The van der Waals surface area contributed by atoms with Crippen LogP contribution in [0.1, 0.15) is 78.0 Å². The summed E-state index contributed by atoms with van der Waals surface area (Å²) in [4.78, 5) is 27.0. The molecule has 180 valence electrons. The lowest BCUT2D eigenvalue weighted by atomic mass is 9.84. The molecule has 1 amide bonds. The van der Waals surface area contributed by atoms with Crippen LogP contribution in [0.3, 0.4) is 0 Å². The Morgan fingerprint density at radius 1 is 1.15 bits per heavy atom. The molecule has 2 atom stereocenters. The molecule has 0 saturated carbocycles. The second-order valence-electron chi connectivity index (χ2n) is 9.76. The average Bonchev–Trinajstić information content (AvgIpc) is 2.85. The molecule has 4 rings (SSSR count).